The Balaban J connectivity index is 2.61. The second kappa shape index (κ2) is 14.5. The van der Waals surface area contributed by atoms with Crippen LogP contribution in [0, 0.1) is 13.8 Å². The Hall–Kier alpha value is -4.62. The second-order valence-corrected chi connectivity index (χ2v) is 8.12. The third-order valence-corrected chi connectivity index (χ3v) is 5.55. The zero-order valence-corrected chi connectivity index (χ0v) is 24.0. The minimum atomic E-state index is -0.847. The van der Waals surface area contributed by atoms with Gasteiger partial charge in [-0.15, -0.1) is 0 Å². The fourth-order valence-electron chi connectivity index (χ4n) is 3.40. The summed E-state index contributed by atoms with van der Waals surface area (Å²) in [7, 11) is 3.47. The smallest absolute Gasteiger partial charge is 0.347 e. The van der Waals surface area contributed by atoms with Crippen LogP contribution >= 0.6 is 0 Å². The summed E-state index contributed by atoms with van der Waals surface area (Å²) in [4.78, 5) is 58.9. The van der Waals surface area contributed by atoms with Gasteiger partial charge in [0.05, 0.1) is 26.4 Å². The van der Waals surface area contributed by atoms with Crippen LogP contribution in [-0.4, -0.2) is 69.4 Å². The predicted molar refractivity (Wildman–Crippen MR) is 145 cm³/mol. The van der Waals surface area contributed by atoms with Crippen molar-refractivity contribution in [1.29, 1.82) is 0 Å². The quantitative estimate of drug-likeness (QED) is 0.121. The number of anilines is 2. The van der Waals surface area contributed by atoms with Gasteiger partial charge < -0.3 is 38.7 Å². The van der Waals surface area contributed by atoms with Crippen LogP contribution in [0.25, 0.3) is 11.4 Å². The molecule has 40 heavy (non-hydrogen) atoms. The lowest BCUT2D eigenvalue weighted by Crippen LogP contribution is -2.20. The summed E-state index contributed by atoms with van der Waals surface area (Å²) in [6, 6.07) is 0. The molecule has 218 valence electrons. The van der Waals surface area contributed by atoms with E-state index in [2.05, 4.69) is 20.6 Å². The normalized spacial score (nSPS) is 10.3. The molecule has 2 heterocycles. The van der Waals surface area contributed by atoms with Gasteiger partial charge >= 0.3 is 23.9 Å². The van der Waals surface area contributed by atoms with E-state index in [4.69, 9.17) is 18.9 Å². The molecule has 0 amide bonds. The van der Waals surface area contributed by atoms with Crippen molar-refractivity contribution >= 4 is 35.5 Å². The minimum absolute atomic E-state index is 0.0704. The van der Waals surface area contributed by atoms with Crippen molar-refractivity contribution in [1.82, 2.24) is 19.1 Å². The molecule has 0 unspecified atom stereocenters. The van der Waals surface area contributed by atoms with E-state index >= 15 is 0 Å². The highest BCUT2D eigenvalue weighted by molar-refractivity contribution is 6.15. The molecule has 0 saturated carbocycles. The van der Waals surface area contributed by atoms with Gasteiger partial charge in [0.2, 0.25) is 0 Å². The van der Waals surface area contributed by atoms with Crippen molar-refractivity contribution in [2.45, 2.75) is 41.5 Å². The first-order valence-corrected chi connectivity index (χ1v) is 12.7. The summed E-state index contributed by atoms with van der Waals surface area (Å²) < 4.78 is 23.4. The highest BCUT2D eigenvalue weighted by Crippen LogP contribution is 2.33. The van der Waals surface area contributed by atoms with Gasteiger partial charge in [0.15, 0.2) is 11.1 Å². The molecule has 2 aromatic rings. The van der Waals surface area contributed by atoms with Crippen molar-refractivity contribution < 1.29 is 38.1 Å². The molecule has 0 bridgehead atoms. The van der Waals surface area contributed by atoms with Crippen LogP contribution in [0.4, 0.5) is 11.6 Å². The number of carbonyl (C=O) groups excluding carboxylic acids is 4. The maximum absolute atomic E-state index is 12.4. The van der Waals surface area contributed by atoms with Crippen molar-refractivity contribution in [3.05, 3.63) is 35.2 Å². The summed E-state index contributed by atoms with van der Waals surface area (Å²) in [6.07, 6.45) is 2.39. The van der Waals surface area contributed by atoms with Gasteiger partial charge in [-0.3, -0.25) is 0 Å². The largest absolute Gasteiger partial charge is 0.462 e. The monoisotopic (exact) mass is 560 g/mol. The van der Waals surface area contributed by atoms with E-state index in [1.54, 1.807) is 64.8 Å². The Morgan fingerprint density at radius 2 is 0.900 bits per heavy atom. The highest BCUT2D eigenvalue weighted by atomic mass is 16.6. The first-order valence-electron chi connectivity index (χ1n) is 12.7. The Labute approximate surface area is 232 Å². The molecule has 0 aliphatic heterocycles. The molecule has 0 radical (unpaired) electrons. The standard InChI is InChI=1S/C26H36N6O8/c1-9-37-23(33)17(24(34)38-10-2)13-27-21-19(29-15(5)31(21)7)20-22(32(8)16(6)30-20)28-14-18(25(35)39-11-3)26(36)40-12-4/h13-14,27-28H,9-12H2,1-8H3. The van der Waals surface area contributed by atoms with Crippen LogP contribution in [0.3, 0.4) is 0 Å². The molecule has 0 aromatic carbocycles. The van der Waals surface area contributed by atoms with Crippen LogP contribution in [0.1, 0.15) is 39.3 Å². The van der Waals surface area contributed by atoms with Gasteiger partial charge in [-0.05, 0) is 41.5 Å². The maximum Gasteiger partial charge on any atom is 0.347 e. The highest BCUT2D eigenvalue weighted by Gasteiger charge is 2.26. The van der Waals surface area contributed by atoms with Gasteiger partial charge in [0, 0.05) is 26.5 Å². The number of aromatic nitrogens is 4. The Kier molecular flexibility index (Phi) is 11.5. The van der Waals surface area contributed by atoms with E-state index in [-0.39, 0.29) is 37.6 Å². The molecule has 0 atom stereocenters. The van der Waals surface area contributed by atoms with Crippen molar-refractivity contribution in [3.63, 3.8) is 0 Å². The van der Waals surface area contributed by atoms with E-state index in [9.17, 15) is 19.2 Å². The molecule has 14 nitrogen and oxygen atoms in total. The third-order valence-electron chi connectivity index (χ3n) is 5.55. The van der Waals surface area contributed by atoms with E-state index in [0.717, 1.165) is 0 Å². The number of nitrogens with one attached hydrogen (secondary N) is 2. The molecule has 0 spiro atoms. The fraction of sp³-hybridized carbons (Fsp3) is 0.462. The third kappa shape index (κ3) is 7.27. The second-order valence-electron chi connectivity index (χ2n) is 8.12. The topological polar surface area (TPSA) is 165 Å². The van der Waals surface area contributed by atoms with Crippen LogP contribution in [-0.2, 0) is 52.2 Å². The summed E-state index contributed by atoms with van der Waals surface area (Å²) in [5, 5.41) is 5.93. The maximum atomic E-state index is 12.4. The summed E-state index contributed by atoms with van der Waals surface area (Å²) >= 11 is 0. The lowest BCUT2D eigenvalue weighted by atomic mass is 10.2. The van der Waals surface area contributed by atoms with Crippen molar-refractivity contribution in [3.8, 4) is 11.4 Å². The Bertz CT molecular complexity index is 1180. The number of nitrogens with zero attached hydrogens (tertiary/aromatic N) is 4. The summed E-state index contributed by atoms with van der Waals surface area (Å²) in [6.45, 7) is 10.3. The molecule has 0 fully saturated rings. The average molecular weight is 561 g/mol. The van der Waals surface area contributed by atoms with Crippen LogP contribution in [0.15, 0.2) is 23.5 Å². The molecule has 0 saturated heterocycles. The molecular weight excluding hydrogens is 524 g/mol. The van der Waals surface area contributed by atoms with Crippen LogP contribution in [0.5, 0.6) is 0 Å². The molecule has 2 rings (SSSR count). The van der Waals surface area contributed by atoms with Gasteiger partial charge in [-0.2, -0.15) is 0 Å². The lowest BCUT2D eigenvalue weighted by Gasteiger charge is -2.11. The number of esters is 4. The molecule has 0 aliphatic carbocycles. The van der Waals surface area contributed by atoms with Crippen LogP contribution < -0.4 is 10.6 Å². The van der Waals surface area contributed by atoms with E-state index in [1.165, 1.54) is 12.4 Å². The number of carbonyl (C=O) groups is 4. The average Bonchev–Trinajstić information content (AvgIpc) is 3.34. The fourth-order valence-corrected chi connectivity index (χ4v) is 3.40. The number of aryl methyl sites for hydroxylation is 2. The zero-order chi connectivity index (χ0) is 30.0. The number of ether oxygens (including phenoxy) is 4. The summed E-state index contributed by atoms with van der Waals surface area (Å²) in [5.41, 5.74) is 0.0504. The zero-order valence-electron chi connectivity index (χ0n) is 24.0. The number of rotatable bonds is 13. The van der Waals surface area contributed by atoms with E-state index in [1.807, 2.05) is 0 Å². The van der Waals surface area contributed by atoms with Crippen molar-refractivity contribution in [2.75, 3.05) is 37.1 Å². The van der Waals surface area contributed by atoms with E-state index in [0.29, 0.717) is 34.7 Å². The molecule has 2 aromatic heterocycles. The Morgan fingerprint density at radius 1 is 0.625 bits per heavy atom. The molecule has 14 heteroatoms. The molecule has 0 aliphatic rings. The van der Waals surface area contributed by atoms with Crippen molar-refractivity contribution in [2.24, 2.45) is 14.1 Å². The number of hydrogen-bond acceptors (Lipinski definition) is 12. The van der Waals surface area contributed by atoms with Gasteiger partial charge in [0.1, 0.15) is 34.7 Å². The van der Waals surface area contributed by atoms with Crippen LogP contribution in [0.2, 0.25) is 0 Å². The minimum Gasteiger partial charge on any atom is -0.462 e. The van der Waals surface area contributed by atoms with Gasteiger partial charge in [-0.1, -0.05) is 0 Å². The van der Waals surface area contributed by atoms with E-state index < -0.39 is 23.9 Å². The summed E-state index contributed by atoms with van der Waals surface area (Å²) in [5.74, 6) is -1.43. The molecule has 2 N–H and O–H groups in total. The predicted octanol–water partition coefficient (Wildman–Crippen LogP) is 2.28. The number of imidazole rings is 2. The SMILES string of the molecule is CCOC(=O)C(=CNc1c(-c2nc(C)n(C)c2NC=C(C(=O)OCC)C(=O)OCC)nc(C)n1C)C(=O)OCC. The van der Waals surface area contributed by atoms with Gasteiger partial charge in [0.25, 0.3) is 0 Å². The molecular formula is C26H36N6O8. The Morgan fingerprint density at radius 3 is 1.15 bits per heavy atom. The first-order chi connectivity index (χ1) is 19.0. The van der Waals surface area contributed by atoms with Gasteiger partial charge in [-0.25, -0.2) is 29.1 Å². The number of hydrogen-bond donors (Lipinski definition) is 2. The first kappa shape index (κ1) is 31.6. The lowest BCUT2D eigenvalue weighted by molar-refractivity contribution is -0.148.